The van der Waals surface area contributed by atoms with Crippen LogP contribution in [0.3, 0.4) is 0 Å². The van der Waals surface area contributed by atoms with Crippen LogP contribution in [0, 0.1) is 13.8 Å². The standard InChI is InChI=1S/C26H30N4O4/c1-18-6-5-7-19(2)26(18)34-17-25(31)30-14-12-29(13-15-30)24-11-9-22(27-28-24)21-16-20(32-3)8-10-23(21)33-4/h5-11,16H,12-15,17H2,1-4H3. The van der Waals surface area contributed by atoms with Gasteiger partial charge in [0.2, 0.25) is 0 Å². The Kier molecular flexibility index (Phi) is 7.15. The summed E-state index contributed by atoms with van der Waals surface area (Å²) in [4.78, 5) is 16.7. The molecule has 1 amide bonds. The van der Waals surface area contributed by atoms with Gasteiger partial charge >= 0.3 is 0 Å². The molecule has 1 saturated heterocycles. The van der Waals surface area contributed by atoms with Gasteiger partial charge in [-0.25, -0.2) is 0 Å². The number of nitrogens with zero attached hydrogens (tertiary/aromatic N) is 4. The van der Waals surface area contributed by atoms with Crippen LogP contribution in [0.15, 0.2) is 48.5 Å². The number of benzene rings is 2. The summed E-state index contributed by atoms with van der Waals surface area (Å²) < 4.78 is 16.6. The molecule has 0 radical (unpaired) electrons. The number of piperazine rings is 1. The molecule has 1 fully saturated rings. The first-order chi connectivity index (χ1) is 16.5. The molecule has 0 bridgehead atoms. The molecule has 0 aliphatic carbocycles. The summed E-state index contributed by atoms with van der Waals surface area (Å²) in [6.07, 6.45) is 0. The van der Waals surface area contributed by atoms with Crippen molar-refractivity contribution in [2.45, 2.75) is 13.8 Å². The highest BCUT2D eigenvalue weighted by atomic mass is 16.5. The minimum atomic E-state index is -0.00569. The highest BCUT2D eigenvalue weighted by molar-refractivity contribution is 5.78. The van der Waals surface area contributed by atoms with E-state index in [0.717, 1.165) is 34.0 Å². The summed E-state index contributed by atoms with van der Waals surface area (Å²) in [5.41, 5.74) is 3.59. The second-order valence-corrected chi connectivity index (χ2v) is 8.22. The first-order valence-electron chi connectivity index (χ1n) is 11.3. The maximum absolute atomic E-state index is 12.7. The topological polar surface area (TPSA) is 77.0 Å². The summed E-state index contributed by atoms with van der Waals surface area (Å²) in [5.74, 6) is 3.00. The van der Waals surface area contributed by atoms with Crippen LogP contribution in [0.1, 0.15) is 11.1 Å². The fourth-order valence-corrected chi connectivity index (χ4v) is 4.09. The van der Waals surface area contributed by atoms with E-state index in [1.54, 1.807) is 14.2 Å². The molecule has 0 atom stereocenters. The molecule has 1 aliphatic rings. The number of para-hydroxylation sites is 1. The van der Waals surface area contributed by atoms with E-state index in [2.05, 4.69) is 15.1 Å². The van der Waals surface area contributed by atoms with E-state index in [0.29, 0.717) is 37.6 Å². The predicted octanol–water partition coefficient (Wildman–Crippen LogP) is 3.51. The summed E-state index contributed by atoms with van der Waals surface area (Å²) in [7, 11) is 3.25. The van der Waals surface area contributed by atoms with Crippen LogP contribution in [0.25, 0.3) is 11.3 Å². The van der Waals surface area contributed by atoms with Crippen molar-refractivity contribution in [2.24, 2.45) is 0 Å². The van der Waals surface area contributed by atoms with Crippen molar-refractivity contribution in [3.63, 3.8) is 0 Å². The van der Waals surface area contributed by atoms with Gasteiger partial charge in [-0.2, -0.15) is 0 Å². The van der Waals surface area contributed by atoms with E-state index in [4.69, 9.17) is 14.2 Å². The van der Waals surface area contributed by atoms with Crippen molar-refractivity contribution in [2.75, 3.05) is 51.9 Å². The maximum Gasteiger partial charge on any atom is 0.260 e. The van der Waals surface area contributed by atoms with Crippen LogP contribution in [0.2, 0.25) is 0 Å². The van der Waals surface area contributed by atoms with E-state index in [9.17, 15) is 4.79 Å². The first-order valence-corrected chi connectivity index (χ1v) is 11.3. The minimum absolute atomic E-state index is 0.00569. The van der Waals surface area contributed by atoms with E-state index >= 15 is 0 Å². The number of carbonyl (C=O) groups is 1. The van der Waals surface area contributed by atoms with Gasteiger partial charge in [-0.15, -0.1) is 10.2 Å². The Labute approximate surface area is 200 Å². The lowest BCUT2D eigenvalue weighted by atomic mass is 10.1. The Morgan fingerprint density at radius 2 is 1.65 bits per heavy atom. The quantitative estimate of drug-likeness (QED) is 0.532. The zero-order chi connectivity index (χ0) is 24.1. The summed E-state index contributed by atoms with van der Waals surface area (Å²) in [5, 5.41) is 8.84. The van der Waals surface area contributed by atoms with E-state index < -0.39 is 0 Å². The van der Waals surface area contributed by atoms with E-state index in [1.165, 1.54) is 0 Å². The Bertz CT molecular complexity index is 1120. The SMILES string of the molecule is COc1ccc(OC)c(-c2ccc(N3CCN(C(=O)COc4c(C)cccc4C)CC3)nn2)c1. The largest absolute Gasteiger partial charge is 0.497 e. The lowest BCUT2D eigenvalue weighted by molar-refractivity contribution is -0.133. The Morgan fingerprint density at radius 3 is 2.26 bits per heavy atom. The highest BCUT2D eigenvalue weighted by Crippen LogP contribution is 2.32. The van der Waals surface area contributed by atoms with Gasteiger partial charge in [0.1, 0.15) is 17.2 Å². The fourth-order valence-electron chi connectivity index (χ4n) is 4.09. The second-order valence-electron chi connectivity index (χ2n) is 8.22. The molecule has 8 nitrogen and oxygen atoms in total. The molecule has 0 saturated carbocycles. The molecule has 8 heteroatoms. The van der Waals surface area contributed by atoms with Gasteiger partial charge in [0.05, 0.1) is 19.9 Å². The highest BCUT2D eigenvalue weighted by Gasteiger charge is 2.23. The number of carbonyl (C=O) groups excluding carboxylic acids is 1. The third-order valence-corrected chi connectivity index (χ3v) is 6.04. The van der Waals surface area contributed by atoms with Crippen LogP contribution in [0.5, 0.6) is 17.2 Å². The zero-order valence-corrected chi connectivity index (χ0v) is 20.1. The first kappa shape index (κ1) is 23.4. The molecule has 3 aromatic rings. The van der Waals surface area contributed by atoms with Gasteiger partial charge in [-0.05, 0) is 55.3 Å². The number of hydrogen-bond donors (Lipinski definition) is 0. The van der Waals surface area contributed by atoms with Crippen LogP contribution in [-0.4, -0.2) is 68.0 Å². The number of amides is 1. The maximum atomic E-state index is 12.7. The van der Waals surface area contributed by atoms with Crippen LogP contribution >= 0.6 is 0 Å². The second kappa shape index (κ2) is 10.4. The fraction of sp³-hybridized carbons (Fsp3) is 0.346. The molecule has 2 aromatic carbocycles. The van der Waals surface area contributed by atoms with Gasteiger partial charge in [0, 0.05) is 31.7 Å². The average molecular weight is 463 g/mol. The van der Waals surface area contributed by atoms with Gasteiger partial charge in [-0.1, -0.05) is 18.2 Å². The molecule has 0 unspecified atom stereocenters. The molecule has 4 rings (SSSR count). The third kappa shape index (κ3) is 5.06. The van der Waals surface area contributed by atoms with Gasteiger partial charge in [-0.3, -0.25) is 4.79 Å². The Morgan fingerprint density at radius 1 is 0.912 bits per heavy atom. The predicted molar refractivity (Wildman–Crippen MR) is 131 cm³/mol. The van der Waals surface area contributed by atoms with E-state index in [1.807, 2.05) is 67.3 Å². The van der Waals surface area contributed by atoms with Crippen LogP contribution in [0.4, 0.5) is 5.82 Å². The number of methoxy groups -OCH3 is 2. The zero-order valence-electron chi connectivity index (χ0n) is 20.1. The van der Waals surface area contributed by atoms with Crippen molar-refractivity contribution in [3.05, 3.63) is 59.7 Å². The average Bonchev–Trinajstić information content (AvgIpc) is 2.88. The van der Waals surface area contributed by atoms with Gasteiger partial charge in [0.15, 0.2) is 12.4 Å². The van der Waals surface area contributed by atoms with Crippen molar-refractivity contribution in [1.82, 2.24) is 15.1 Å². The molecule has 178 valence electrons. The lowest BCUT2D eigenvalue weighted by Gasteiger charge is -2.35. The number of rotatable bonds is 7. The Balaban J connectivity index is 1.35. The summed E-state index contributed by atoms with van der Waals surface area (Å²) in [6, 6.07) is 15.4. The molecule has 34 heavy (non-hydrogen) atoms. The van der Waals surface area contributed by atoms with Crippen molar-refractivity contribution >= 4 is 11.7 Å². The monoisotopic (exact) mass is 462 g/mol. The number of aromatic nitrogens is 2. The smallest absolute Gasteiger partial charge is 0.260 e. The normalized spacial score (nSPS) is 13.5. The lowest BCUT2D eigenvalue weighted by Crippen LogP contribution is -2.50. The third-order valence-electron chi connectivity index (χ3n) is 6.04. The number of hydrogen-bond acceptors (Lipinski definition) is 7. The molecule has 0 N–H and O–H groups in total. The number of ether oxygens (including phenoxy) is 3. The molecular formula is C26H30N4O4. The Hall–Kier alpha value is -3.81. The van der Waals surface area contributed by atoms with E-state index in [-0.39, 0.29) is 12.5 Å². The molecular weight excluding hydrogens is 432 g/mol. The number of aryl methyl sites for hydroxylation is 2. The molecule has 1 aromatic heterocycles. The molecule has 1 aliphatic heterocycles. The van der Waals surface area contributed by atoms with Gasteiger partial charge < -0.3 is 24.0 Å². The number of anilines is 1. The molecule has 0 spiro atoms. The van der Waals surface area contributed by atoms with Gasteiger partial charge in [0.25, 0.3) is 5.91 Å². The van der Waals surface area contributed by atoms with Crippen LogP contribution < -0.4 is 19.1 Å². The summed E-state index contributed by atoms with van der Waals surface area (Å²) in [6.45, 7) is 6.62. The van der Waals surface area contributed by atoms with Crippen molar-refractivity contribution in [3.8, 4) is 28.5 Å². The van der Waals surface area contributed by atoms with Crippen molar-refractivity contribution in [1.29, 1.82) is 0 Å². The summed E-state index contributed by atoms with van der Waals surface area (Å²) >= 11 is 0. The minimum Gasteiger partial charge on any atom is -0.497 e. The molecule has 2 heterocycles. The van der Waals surface area contributed by atoms with Crippen LogP contribution in [-0.2, 0) is 4.79 Å². The van der Waals surface area contributed by atoms with Crippen molar-refractivity contribution < 1.29 is 19.0 Å².